The third-order valence-electron chi connectivity index (χ3n) is 5.72. The van der Waals surface area contributed by atoms with Crippen LogP contribution in [0.3, 0.4) is 0 Å². The zero-order chi connectivity index (χ0) is 23.7. The maximum absolute atomic E-state index is 5.78. The first-order chi connectivity index (χ1) is 16.6. The van der Waals surface area contributed by atoms with Crippen molar-refractivity contribution >= 4 is 27.9 Å². The Morgan fingerprint density at radius 2 is 1.79 bits per heavy atom. The molecule has 0 aliphatic rings. The van der Waals surface area contributed by atoms with Gasteiger partial charge in [-0.15, -0.1) is 11.3 Å². The number of thiophene rings is 1. The molecule has 34 heavy (non-hydrogen) atoms. The molecule has 2 N–H and O–H groups in total. The standard InChI is InChI=1S/C26H25N5O2S/c1-15(29-21-10-9-20-24(25(21)32-3)26(33-4)31-16(2)30-20)22-11-12-23(34-22)19-8-6-5-7-18(19)17-13-27-28-14-17/h5-15,29H,1-4H3,(H,27,28). The number of aromatic nitrogens is 4. The van der Waals surface area contributed by atoms with E-state index in [1.54, 1.807) is 25.6 Å². The first-order valence-corrected chi connectivity index (χ1v) is 11.7. The second-order valence-electron chi connectivity index (χ2n) is 7.92. The molecule has 8 heteroatoms. The summed E-state index contributed by atoms with van der Waals surface area (Å²) in [7, 11) is 3.26. The molecular formula is C26H25N5O2S. The van der Waals surface area contributed by atoms with Crippen molar-refractivity contribution in [3.8, 4) is 33.2 Å². The lowest BCUT2D eigenvalue weighted by molar-refractivity contribution is 0.393. The van der Waals surface area contributed by atoms with Gasteiger partial charge in [0, 0.05) is 21.5 Å². The largest absolute Gasteiger partial charge is 0.494 e. The van der Waals surface area contributed by atoms with E-state index in [-0.39, 0.29) is 6.04 Å². The number of H-pyrrole nitrogens is 1. The molecule has 0 saturated heterocycles. The van der Waals surface area contributed by atoms with Gasteiger partial charge in [-0.1, -0.05) is 24.3 Å². The number of ether oxygens (including phenoxy) is 2. The van der Waals surface area contributed by atoms with Crippen LogP contribution in [-0.2, 0) is 0 Å². The van der Waals surface area contributed by atoms with Gasteiger partial charge < -0.3 is 14.8 Å². The highest BCUT2D eigenvalue weighted by molar-refractivity contribution is 7.15. The summed E-state index contributed by atoms with van der Waals surface area (Å²) in [6.07, 6.45) is 3.77. The molecule has 5 rings (SSSR count). The van der Waals surface area contributed by atoms with Crippen LogP contribution in [0, 0.1) is 6.92 Å². The van der Waals surface area contributed by atoms with Gasteiger partial charge in [-0.3, -0.25) is 5.10 Å². The first-order valence-electron chi connectivity index (χ1n) is 10.9. The Hall–Kier alpha value is -3.91. The third kappa shape index (κ3) is 3.97. The number of nitrogens with one attached hydrogen (secondary N) is 2. The summed E-state index contributed by atoms with van der Waals surface area (Å²) in [6.45, 7) is 3.99. The average Bonchev–Trinajstić information content (AvgIpc) is 3.56. The van der Waals surface area contributed by atoms with Gasteiger partial charge in [0.15, 0.2) is 5.75 Å². The lowest BCUT2D eigenvalue weighted by Gasteiger charge is -2.18. The molecule has 3 aromatic heterocycles. The molecule has 172 valence electrons. The van der Waals surface area contributed by atoms with Crippen molar-refractivity contribution in [2.45, 2.75) is 19.9 Å². The fourth-order valence-corrected chi connectivity index (χ4v) is 5.18. The molecular weight excluding hydrogens is 446 g/mol. The van der Waals surface area contributed by atoms with Crippen LogP contribution in [0.2, 0.25) is 0 Å². The SMILES string of the molecule is COc1nc(C)nc2ccc(NC(C)c3ccc(-c4ccccc4-c4cn[nH]c4)s3)c(OC)c12. The van der Waals surface area contributed by atoms with Crippen molar-refractivity contribution in [2.75, 3.05) is 19.5 Å². The predicted octanol–water partition coefficient (Wildman–Crippen LogP) is 6.25. The molecule has 1 unspecified atom stereocenters. The fourth-order valence-electron chi connectivity index (χ4n) is 4.13. The number of hydrogen-bond donors (Lipinski definition) is 2. The smallest absolute Gasteiger partial charge is 0.228 e. The van der Waals surface area contributed by atoms with E-state index < -0.39 is 0 Å². The van der Waals surface area contributed by atoms with E-state index in [4.69, 9.17) is 9.47 Å². The summed E-state index contributed by atoms with van der Waals surface area (Å²) in [5.41, 5.74) is 5.07. The molecule has 0 aliphatic heterocycles. The van der Waals surface area contributed by atoms with E-state index in [2.05, 4.69) is 68.8 Å². The lowest BCUT2D eigenvalue weighted by Crippen LogP contribution is -2.07. The normalized spacial score (nSPS) is 12.0. The summed E-state index contributed by atoms with van der Waals surface area (Å²) in [5.74, 6) is 1.83. The van der Waals surface area contributed by atoms with Crippen LogP contribution in [0.15, 0.2) is 60.9 Å². The molecule has 0 amide bonds. The van der Waals surface area contributed by atoms with Gasteiger partial charge in [-0.05, 0) is 49.2 Å². The van der Waals surface area contributed by atoms with Gasteiger partial charge in [0.25, 0.3) is 0 Å². The lowest BCUT2D eigenvalue weighted by atomic mass is 10.0. The van der Waals surface area contributed by atoms with Gasteiger partial charge >= 0.3 is 0 Å². The summed E-state index contributed by atoms with van der Waals surface area (Å²) in [6, 6.07) is 16.8. The minimum absolute atomic E-state index is 0.0588. The van der Waals surface area contributed by atoms with Crippen LogP contribution in [0.25, 0.3) is 32.5 Å². The maximum Gasteiger partial charge on any atom is 0.228 e. The topological polar surface area (TPSA) is 85.0 Å². The molecule has 0 spiro atoms. The van der Waals surface area contributed by atoms with Crippen molar-refractivity contribution in [3.63, 3.8) is 0 Å². The minimum Gasteiger partial charge on any atom is -0.494 e. The van der Waals surface area contributed by atoms with Crippen molar-refractivity contribution in [1.29, 1.82) is 0 Å². The molecule has 5 aromatic rings. The Balaban J connectivity index is 1.47. The number of fused-ring (bicyclic) bond motifs is 1. The number of hydrogen-bond acceptors (Lipinski definition) is 7. The number of benzene rings is 2. The van der Waals surface area contributed by atoms with Crippen LogP contribution in [-0.4, -0.2) is 34.4 Å². The fraction of sp³-hybridized carbons (Fsp3) is 0.192. The molecule has 0 fully saturated rings. The summed E-state index contributed by atoms with van der Waals surface area (Å²) < 4.78 is 11.3. The van der Waals surface area contributed by atoms with Crippen LogP contribution in [0.5, 0.6) is 11.6 Å². The molecule has 3 heterocycles. The number of aryl methyl sites for hydroxylation is 1. The van der Waals surface area contributed by atoms with E-state index in [9.17, 15) is 0 Å². The number of nitrogens with zero attached hydrogens (tertiary/aromatic N) is 3. The van der Waals surface area contributed by atoms with Gasteiger partial charge in [0.2, 0.25) is 5.88 Å². The Kier molecular flexibility index (Phi) is 5.90. The molecule has 7 nitrogen and oxygen atoms in total. The number of rotatable bonds is 7. The van der Waals surface area contributed by atoms with E-state index in [1.807, 2.05) is 31.5 Å². The van der Waals surface area contributed by atoms with Gasteiger partial charge in [-0.25, -0.2) is 4.98 Å². The summed E-state index contributed by atoms with van der Waals surface area (Å²) >= 11 is 1.77. The van der Waals surface area contributed by atoms with Crippen LogP contribution in [0.4, 0.5) is 5.69 Å². The number of methoxy groups -OCH3 is 2. The molecule has 0 radical (unpaired) electrons. The van der Waals surface area contributed by atoms with Crippen LogP contribution < -0.4 is 14.8 Å². The maximum atomic E-state index is 5.78. The molecule has 0 aliphatic carbocycles. The van der Waals surface area contributed by atoms with E-state index >= 15 is 0 Å². The minimum atomic E-state index is 0.0588. The highest BCUT2D eigenvalue weighted by Crippen LogP contribution is 2.41. The van der Waals surface area contributed by atoms with Crippen molar-refractivity contribution in [3.05, 3.63) is 71.6 Å². The molecule has 0 saturated carbocycles. The highest BCUT2D eigenvalue weighted by Gasteiger charge is 2.19. The predicted molar refractivity (Wildman–Crippen MR) is 137 cm³/mol. The molecule has 0 bridgehead atoms. The highest BCUT2D eigenvalue weighted by atomic mass is 32.1. The van der Waals surface area contributed by atoms with E-state index in [1.165, 1.54) is 15.3 Å². The third-order valence-corrected chi connectivity index (χ3v) is 7.02. The Bertz CT molecular complexity index is 1450. The second kappa shape index (κ2) is 9.15. The summed E-state index contributed by atoms with van der Waals surface area (Å²) in [4.78, 5) is 11.4. The van der Waals surface area contributed by atoms with Gasteiger partial charge in [-0.2, -0.15) is 10.1 Å². The Labute approximate surface area is 201 Å². The first kappa shape index (κ1) is 21.9. The quantitative estimate of drug-likeness (QED) is 0.292. The van der Waals surface area contributed by atoms with Crippen LogP contribution >= 0.6 is 11.3 Å². The average molecular weight is 472 g/mol. The number of anilines is 1. The van der Waals surface area contributed by atoms with E-state index in [0.717, 1.165) is 27.7 Å². The van der Waals surface area contributed by atoms with E-state index in [0.29, 0.717) is 17.5 Å². The van der Waals surface area contributed by atoms with Crippen molar-refractivity contribution < 1.29 is 9.47 Å². The Morgan fingerprint density at radius 1 is 0.971 bits per heavy atom. The van der Waals surface area contributed by atoms with Gasteiger partial charge in [0.05, 0.1) is 37.7 Å². The van der Waals surface area contributed by atoms with Crippen molar-refractivity contribution in [2.24, 2.45) is 0 Å². The van der Waals surface area contributed by atoms with Crippen LogP contribution in [0.1, 0.15) is 23.7 Å². The second-order valence-corrected chi connectivity index (χ2v) is 9.04. The zero-order valence-electron chi connectivity index (χ0n) is 19.4. The molecule has 1 atom stereocenters. The number of aromatic amines is 1. The van der Waals surface area contributed by atoms with Gasteiger partial charge in [0.1, 0.15) is 11.2 Å². The van der Waals surface area contributed by atoms with Crippen molar-refractivity contribution in [1.82, 2.24) is 20.2 Å². The Morgan fingerprint density at radius 3 is 2.53 bits per heavy atom. The molecule has 2 aromatic carbocycles. The summed E-state index contributed by atoms with van der Waals surface area (Å²) in [5, 5.41) is 11.4. The monoisotopic (exact) mass is 471 g/mol. The zero-order valence-corrected chi connectivity index (χ0v) is 20.2.